The number of rotatable bonds is 7. The van der Waals surface area contributed by atoms with Crippen LogP contribution >= 0.6 is 23.1 Å². The Labute approximate surface area is 271 Å². The summed E-state index contributed by atoms with van der Waals surface area (Å²) < 4.78 is 14.0. The maximum absolute atomic E-state index is 13.4. The molecule has 6 rings (SSSR count). The van der Waals surface area contributed by atoms with Gasteiger partial charge < -0.3 is 25.0 Å². The third-order valence-corrected chi connectivity index (χ3v) is 10.6. The van der Waals surface area contributed by atoms with Crippen LogP contribution in [0.3, 0.4) is 0 Å². The molecule has 2 fully saturated rings. The van der Waals surface area contributed by atoms with Crippen LogP contribution in [0.4, 0.5) is 29.0 Å². The average molecular weight is 691 g/mol. The van der Waals surface area contributed by atoms with Crippen molar-refractivity contribution in [3.8, 4) is 6.07 Å². The van der Waals surface area contributed by atoms with Crippen LogP contribution in [-0.4, -0.2) is 100 Å². The van der Waals surface area contributed by atoms with E-state index in [1.54, 1.807) is 31.9 Å². The third-order valence-electron chi connectivity index (χ3n) is 8.51. The first-order chi connectivity index (χ1) is 21.6. The van der Waals surface area contributed by atoms with Gasteiger partial charge in [-0.2, -0.15) is 10.2 Å². The number of halogens is 1. The van der Waals surface area contributed by atoms with E-state index < -0.39 is 7.14 Å². The van der Waals surface area contributed by atoms with Crippen molar-refractivity contribution < 1.29 is 4.57 Å². The molecule has 0 radical (unpaired) electrons. The first-order valence-electron chi connectivity index (χ1n) is 15.1. The van der Waals surface area contributed by atoms with Crippen molar-refractivity contribution in [3.05, 3.63) is 52.5 Å². The van der Waals surface area contributed by atoms with Crippen molar-refractivity contribution in [1.82, 2.24) is 34.7 Å². The molecule has 0 bridgehead atoms. The first-order valence-corrected chi connectivity index (χ1v) is 18.5. The molecule has 0 aliphatic carbocycles. The van der Waals surface area contributed by atoms with Crippen LogP contribution in [0.15, 0.2) is 41.3 Å². The molecule has 3 aromatic heterocycles. The van der Waals surface area contributed by atoms with Crippen molar-refractivity contribution in [2.45, 2.75) is 25.8 Å². The summed E-state index contributed by atoms with van der Waals surface area (Å²) in [6, 6.07) is 8.47. The van der Waals surface area contributed by atoms with Crippen molar-refractivity contribution >= 4 is 68.4 Å². The fraction of sp³-hybridized carbons (Fsp3) is 0.419. The van der Waals surface area contributed by atoms with Crippen molar-refractivity contribution in [2.75, 3.05) is 75.2 Å². The number of anilines is 5. The highest BCUT2D eigenvalue weighted by atomic mass is 79.9. The zero-order valence-electron chi connectivity index (χ0n) is 26.0. The molecule has 1 aromatic carbocycles. The molecular weight excluding hydrogens is 653 g/mol. The maximum Gasteiger partial charge on any atom is 0.229 e. The molecule has 0 saturated carbocycles. The molecule has 2 N–H and O–H groups in total. The SMILES string of the molecule is Cc1cc(Nc2ncc(Br)c(Nc3ccc4nccnc4c3P(C)(C)=O)n2)c(C#N)nc1N1CCC(N2CCN(C)CC2)CC1. The highest BCUT2D eigenvalue weighted by Gasteiger charge is 2.28. The second-order valence-corrected chi connectivity index (χ2v) is 16.1. The van der Waals surface area contributed by atoms with Gasteiger partial charge in [0.25, 0.3) is 0 Å². The summed E-state index contributed by atoms with van der Waals surface area (Å²) in [7, 11) is -0.570. The molecule has 2 aliphatic rings. The van der Waals surface area contributed by atoms with Crippen LogP contribution in [0.25, 0.3) is 11.0 Å². The highest BCUT2D eigenvalue weighted by Crippen LogP contribution is 2.41. The molecule has 2 aliphatic heterocycles. The van der Waals surface area contributed by atoms with Gasteiger partial charge in [0, 0.05) is 63.9 Å². The van der Waals surface area contributed by atoms with Crippen LogP contribution in [-0.2, 0) is 4.57 Å². The average Bonchev–Trinajstić information content (AvgIpc) is 3.02. The number of fused-ring (bicyclic) bond motifs is 1. The molecule has 2 saturated heterocycles. The van der Waals surface area contributed by atoms with Crippen LogP contribution in [0.5, 0.6) is 0 Å². The summed E-state index contributed by atoms with van der Waals surface area (Å²) in [6.45, 7) is 11.8. The van der Waals surface area contributed by atoms with Gasteiger partial charge in [-0.05, 0) is 79.8 Å². The number of benzene rings is 1. The van der Waals surface area contributed by atoms with Gasteiger partial charge in [-0.15, -0.1) is 0 Å². The number of nitrogens with one attached hydrogen (secondary N) is 2. The Hall–Kier alpha value is -3.69. The van der Waals surface area contributed by atoms with Crippen LogP contribution in [0, 0.1) is 18.3 Å². The standard InChI is InChI=1S/C31H37BrN11OP/c1-20-17-25(26(18-33)38-30(20)43-11-7-21(8-12-43)42-15-13-41(2)14-16-42)39-31-36-19-22(32)29(40-31)37-24-6-5-23-27(35-10-9-34-23)28(24)45(3,4)44/h5-6,9-10,17,19,21H,7-8,11-16H2,1-4H3,(H2,36,37,39,40). The number of likely N-dealkylation sites (N-methyl/N-ethyl adjacent to an activating group) is 1. The van der Waals surface area contributed by atoms with Gasteiger partial charge in [-0.3, -0.25) is 14.9 Å². The Morgan fingerprint density at radius 3 is 2.42 bits per heavy atom. The number of aryl methyl sites for hydroxylation is 1. The molecule has 234 valence electrons. The Bertz CT molecular complexity index is 1810. The van der Waals surface area contributed by atoms with Crippen LogP contribution in [0.2, 0.25) is 0 Å². The number of pyridine rings is 1. The van der Waals surface area contributed by atoms with Gasteiger partial charge in [-0.25, -0.2) is 9.97 Å². The van der Waals surface area contributed by atoms with E-state index in [1.807, 2.05) is 25.1 Å². The molecule has 12 nitrogen and oxygen atoms in total. The zero-order valence-corrected chi connectivity index (χ0v) is 28.4. The Morgan fingerprint density at radius 1 is 0.978 bits per heavy atom. The molecule has 14 heteroatoms. The van der Waals surface area contributed by atoms with E-state index >= 15 is 0 Å². The fourth-order valence-corrected chi connectivity index (χ4v) is 7.85. The molecule has 45 heavy (non-hydrogen) atoms. The number of piperidine rings is 1. The minimum absolute atomic E-state index is 0.283. The van der Waals surface area contributed by atoms with Crippen molar-refractivity contribution in [1.29, 1.82) is 5.26 Å². The molecule has 0 spiro atoms. The van der Waals surface area contributed by atoms with E-state index in [9.17, 15) is 9.83 Å². The number of piperazine rings is 1. The van der Waals surface area contributed by atoms with Crippen molar-refractivity contribution in [3.63, 3.8) is 0 Å². The van der Waals surface area contributed by atoms with E-state index in [-0.39, 0.29) is 11.6 Å². The van der Waals surface area contributed by atoms with E-state index in [0.29, 0.717) is 44.0 Å². The molecule has 5 heterocycles. The predicted molar refractivity (Wildman–Crippen MR) is 183 cm³/mol. The Morgan fingerprint density at radius 2 is 1.71 bits per heavy atom. The smallest absolute Gasteiger partial charge is 0.229 e. The van der Waals surface area contributed by atoms with Crippen molar-refractivity contribution in [2.24, 2.45) is 0 Å². The molecule has 0 unspecified atom stereocenters. The monoisotopic (exact) mass is 689 g/mol. The zero-order chi connectivity index (χ0) is 31.7. The lowest BCUT2D eigenvalue weighted by molar-refractivity contribution is 0.0981. The summed E-state index contributed by atoms with van der Waals surface area (Å²) in [5.41, 5.74) is 3.68. The highest BCUT2D eigenvalue weighted by molar-refractivity contribution is 9.10. The van der Waals surface area contributed by atoms with Crippen LogP contribution in [0.1, 0.15) is 24.1 Å². The van der Waals surface area contributed by atoms with Gasteiger partial charge in [0.1, 0.15) is 30.4 Å². The van der Waals surface area contributed by atoms with Gasteiger partial charge in [0.05, 0.1) is 26.7 Å². The second-order valence-electron chi connectivity index (χ2n) is 12.1. The minimum Gasteiger partial charge on any atom is -0.356 e. The lowest BCUT2D eigenvalue weighted by Gasteiger charge is -2.42. The van der Waals surface area contributed by atoms with E-state index in [0.717, 1.165) is 63.5 Å². The lowest BCUT2D eigenvalue weighted by Crippen LogP contribution is -2.52. The maximum atomic E-state index is 13.4. The third kappa shape index (κ3) is 6.79. The Kier molecular flexibility index (Phi) is 9.02. The topological polar surface area (TPSA) is 139 Å². The van der Waals surface area contributed by atoms with Gasteiger partial charge >= 0.3 is 0 Å². The predicted octanol–water partition coefficient (Wildman–Crippen LogP) is 4.71. The quantitative estimate of drug-likeness (QED) is 0.260. The molecular formula is C31H37BrN11OP. The summed E-state index contributed by atoms with van der Waals surface area (Å²) in [5, 5.41) is 17.2. The van der Waals surface area contributed by atoms with E-state index in [1.165, 1.54) is 0 Å². The fourth-order valence-electron chi connectivity index (χ4n) is 6.17. The number of hydrogen-bond donors (Lipinski definition) is 2. The number of hydrogen-bond acceptors (Lipinski definition) is 12. The molecule has 0 atom stereocenters. The molecule has 4 aromatic rings. The second kappa shape index (κ2) is 13.0. The van der Waals surface area contributed by atoms with E-state index in [4.69, 9.17) is 4.98 Å². The normalized spacial score (nSPS) is 16.9. The number of nitriles is 1. The molecule has 0 amide bonds. The van der Waals surface area contributed by atoms with Gasteiger partial charge in [0.15, 0.2) is 5.69 Å². The summed E-state index contributed by atoms with van der Waals surface area (Å²) in [5.74, 6) is 1.61. The largest absolute Gasteiger partial charge is 0.356 e. The van der Waals surface area contributed by atoms with E-state index in [2.05, 4.69) is 74.3 Å². The summed E-state index contributed by atoms with van der Waals surface area (Å²) in [6.07, 6.45) is 7.02. The first kappa shape index (κ1) is 31.3. The number of nitrogens with zero attached hydrogens (tertiary/aromatic N) is 9. The van der Waals surface area contributed by atoms with Gasteiger partial charge in [0.2, 0.25) is 5.95 Å². The summed E-state index contributed by atoms with van der Waals surface area (Å²) >= 11 is 3.54. The summed E-state index contributed by atoms with van der Waals surface area (Å²) in [4.78, 5) is 30.1. The van der Waals surface area contributed by atoms with Crippen LogP contribution < -0.4 is 20.8 Å². The lowest BCUT2D eigenvalue weighted by atomic mass is 10.0. The Balaban J connectivity index is 1.21. The minimum atomic E-state index is -2.76. The number of aromatic nitrogens is 5. The van der Waals surface area contributed by atoms with Gasteiger partial charge in [-0.1, -0.05) is 0 Å².